The van der Waals surface area contributed by atoms with E-state index in [2.05, 4.69) is 19.9 Å². The van der Waals surface area contributed by atoms with Gasteiger partial charge in [0.15, 0.2) is 0 Å². The standard InChI is InChI=1S/2C5H7N3.C2H2O4/c2*6-4-5-7-2-1-3-8-5;3-1(4)2(5)6/h2*1-3H,4,6H2;(H,3,4)(H,5,6). The van der Waals surface area contributed by atoms with E-state index in [0.29, 0.717) is 24.7 Å². The van der Waals surface area contributed by atoms with Gasteiger partial charge in [0.25, 0.3) is 0 Å². The Hall–Kier alpha value is -2.98. The molecule has 0 saturated heterocycles. The average Bonchev–Trinajstić information content (AvgIpc) is 2.57. The van der Waals surface area contributed by atoms with E-state index in [1.165, 1.54) is 0 Å². The molecule has 2 aromatic rings. The summed E-state index contributed by atoms with van der Waals surface area (Å²) in [6.07, 6.45) is 6.70. The van der Waals surface area contributed by atoms with Crippen molar-refractivity contribution in [2.24, 2.45) is 11.5 Å². The SMILES string of the molecule is NCc1ncccn1.NCc1ncccn1.O=C(O)C(=O)O. The zero-order chi connectivity index (χ0) is 16.8. The third-order valence-corrected chi connectivity index (χ3v) is 1.79. The van der Waals surface area contributed by atoms with Gasteiger partial charge in [0.2, 0.25) is 0 Å². The highest BCUT2D eigenvalue weighted by Crippen LogP contribution is 1.82. The Morgan fingerprint density at radius 2 is 1.05 bits per heavy atom. The van der Waals surface area contributed by atoms with Crippen LogP contribution in [0.2, 0.25) is 0 Å². The molecule has 0 amide bonds. The first-order valence-electron chi connectivity index (χ1n) is 5.89. The molecule has 2 heterocycles. The van der Waals surface area contributed by atoms with E-state index >= 15 is 0 Å². The van der Waals surface area contributed by atoms with Gasteiger partial charge in [-0.25, -0.2) is 29.5 Å². The van der Waals surface area contributed by atoms with E-state index in [-0.39, 0.29) is 0 Å². The Balaban J connectivity index is 0.000000306. The van der Waals surface area contributed by atoms with Gasteiger partial charge >= 0.3 is 11.9 Å². The summed E-state index contributed by atoms with van der Waals surface area (Å²) in [6, 6.07) is 3.53. The molecule has 0 spiro atoms. The maximum Gasteiger partial charge on any atom is 0.414 e. The number of aliphatic carboxylic acids is 2. The van der Waals surface area contributed by atoms with E-state index in [1.54, 1.807) is 36.9 Å². The van der Waals surface area contributed by atoms with Crippen LogP contribution in [0.3, 0.4) is 0 Å². The normalized spacial score (nSPS) is 8.64. The molecule has 118 valence electrons. The Kier molecular flexibility index (Phi) is 10.2. The van der Waals surface area contributed by atoms with Gasteiger partial charge in [0, 0.05) is 24.8 Å². The summed E-state index contributed by atoms with van der Waals surface area (Å²) in [5, 5.41) is 14.8. The van der Waals surface area contributed by atoms with Crippen LogP contribution in [0.5, 0.6) is 0 Å². The number of carbonyl (C=O) groups is 2. The number of nitrogens with two attached hydrogens (primary N) is 2. The second-order valence-electron chi connectivity index (χ2n) is 3.35. The fraction of sp³-hybridized carbons (Fsp3) is 0.167. The Bertz CT molecular complexity index is 501. The quantitative estimate of drug-likeness (QED) is 0.504. The highest BCUT2D eigenvalue weighted by atomic mass is 16.4. The van der Waals surface area contributed by atoms with Crippen LogP contribution in [0.1, 0.15) is 11.6 Å². The summed E-state index contributed by atoms with van der Waals surface area (Å²) in [5.41, 5.74) is 10.4. The molecule has 22 heavy (non-hydrogen) atoms. The fourth-order valence-corrected chi connectivity index (χ4v) is 0.871. The summed E-state index contributed by atoms with van der Waals surface area (Å²) < 4.78 is 0. The molecular weight excluding hydrogens is 292 g/mol. The number of nitrogens with zero attached hydrogens (tertiary/aromatic N) is 4. The van der Waals surface area contributed by atoms with Gasteiger partial charge in [-0.1, -0.05) is 0 Å². The summed E-state index contributed by atoms with van der Waals surface area (Å²) >= 11 is 0. The van der Waals surface area contributed by atoms with Crippen molar-refractivity contribution in [2.45, 2.75) is 13.1 Å². The van der Waals surface area contributed by atoms with Crippen molar-refractivity contribution in [3.8, 4) is 0 Å². The molecule has 0 radical (unpaired) electrons. The van der Waals surface area contributed by atoms with E-state index < -0.39 is 11.9 Å². The summed E-state index contributed by atoms with van der Waals surface area (Å²) in [7, 11) is 0. The summed E-state index contributed by atoms with van der Waals surface area (Å²) in [4.78, 5) is 33.6. The molecule has 2 aromatic heterocycles. The van der Waals surface area contributed by atoms with Crippen LogP contribution in [-0.4, -0.2) is 42.1 Å². The van der Waals surface area contributed by atoms with Crippen LogP contribution < -0.4 is 11.5 Å². The molecule has 0 unspecified atom stereocenters. The molecule has 0 bridgehead atoms. The topological polar surface area (TPSA) is 178 Å². The number of hydrogen-bond donors (Lipinski definition) is 4. The lowest BCUT2D eigenvalue weighted by atomic mass is 10.6. The first-order valence-corrected chi connectivity index (χ1v) is 5.89. The average molecular weight is 308 g/mol. The number of hydrogen-bond acceptors (Lipinski definition) is 8. The zero-order valence-corrected chi connectivity index (χ0v) is 11.5. The minimum absolute atomic E-state index is 0.418. The maximum absolute atomic E-state index is 9.10. The second kappa shape index (κ2) is 11.8. The van der Waals surface area contributed by atoms with Crippen LogP contribution in [0.15, 0.2) is 36.9 Å². The molecule has 0 saturated carbocycles. The van der Waals surface area contributed by atoms with Gasteiger partial charge in [-0.3, -0.25) is 0 Å². The van der Waals surface area contributed by atoms with E-state index in [4.69, 9.17) is 31.3 Å². The fourth-order valence-electron chi connectivity index (χ4n) is 0.871. The van der Waals surface area contributed by atoms with Gasteiger partial charge in [-0.05, 0) is 12.1 Å². The van der Waals surface area contributed by atoms with E-state index in [9.17, 15) is 0 Å². The van der Waals surface area contributed by atoms with Crippen LogP contribution in [0, 0.1) is 0 Å². The first-order chi connectivity index (χ1) is 10.5. The van der Waals surface area contributed by atoms with Gasteiger partial charge in [-0.15, -0.1) is 0 Å². The van der Waals surface area contributed by atoms with Gasteiger partial charge in [-0.2, -0.15) is 0 Å². The van der Waals surface area contributed by atoms with Crippen molar-refractivity contribution in [3.05, 3.63) is 48.6 Å². The zero-order valence-electron chi connectivity index (χ0n) is 11.5. The summed E-state index contributed by atoms with van der Waals surface area (Å²) in [5.74, 6) is -2.27. The van der Waals surface area contributed by atoms with Gasteiger partial charge < -0.3 is 21.7 Å². The van der Waals surface area contributed by atoms with Crippen LogP contribution >= 0.6 is 0 Å². The van der Waals surface area contributed by atoms with Crippen LogP contribution in [-0.2, 0) is 22.7 Å². The monoisotopic (exact) mass is 308 g/mol. The van der Waals surface area contributed by atoms with Crippen LogP contribution in [0.4, 0.5) is 0 Å². The predicted octanol–water partition coefficient (Wildman–Crippen LogP) is -0.974. The number of carboxylic acid groups (broad SMARTS) is 2. The first kappa shape index (κ1) is 19.0. The van der Waals surface area contributed by atoms with Crippen molar-refractivity contribution in [3.63, 3.8) is 0 Å². The molecule has 2 rings (SSSR count). The molecular formula is C12H16N6O4. The Labute approximate surface area is 125 Å². The Morgan fingerprint density at radius 3 is 1.18 bits per heavy atom. The maximum atomic E-state index is 9.10. The third-order valence-electron chi connectivity index (χ3n) is 1.79. The minimum Gasteiger partial charge on any atom is -0.473 e. The van der Waals surface area contributed by atoms with E-state index in [1.807, 2.05) is 0 Å². The smallest absolute Gasteiger partial charge is 0.414 e. The number of aromatic nitrogens is 4. The molecule has 0 aliphatic carbocycles. The number of rotatable bonds is 2. The van der Waals surface area contributed by atoms with Crippen molar-refractivity contribution < 1.29 is 19.8 Å². The highest BCUT2D eigenvalue weighted by molar-refractivity contribution is 6.27. The van der Waals surface area contributed by atoms with Gasteiger partial charge in [0.05, 0.1) is 13.1 Å². The largest absolute Gasteiger partial charge is 0.473 e. The van der Waals surface area contributed by atoms with Gasteiger partial charge in [0.1, 0.15) is 11.6 Å². The Morgan fingerprint density at radius 1 is 0.773 bits per heavy atom. The molecule has 10 heteroatoms. The van der Waals surface area contributed by atoms with E-state index in [0.717, 1.165) is 0 Å². The molecule has 0 aliphatic rings. The lowest BCUT2D eigenvalue weighted by molar-refractivity contribution is -0.159. The number of carboxylic acids is 2. The van der Waals surface area contributed by atoms with Crippen molar-refractivity contribution in [1.29, 1.82) is 0 Å². The lowest BCUT2D eigenvalue weighted by Crippen LogP contribution is -2.09. The molecule has 0 fully saturated rings. The summed E-state index contributed by atoms with van der Waals surface area (Å²) in [6.45, 7) is 0.835. The molecule has 0 atom stereocenters. The molecule has 10 nitrogen and oxygen atoms in total. The minimum atomic E-state index is -1.82. The van der Waals surface area contributed by atoms with Crippen molar-refractivity contribution in [1.82, 2.24) is 19.9 Å². The molecule has 0 aromatic carbocycles. The third kappa shape index (κ3) is 9.89. The second-order valence-corrected chi connectivity index (χ2v) is 3.35. The molecule has 6 N–H and O–H groups in total. The predicted molar refractivity (Wildman–Crippen MR) is 75.1 cm³/mol. The molecule has 0 aliphatic heterocycles. The van der Waals surface area contributed by atoms with Crippen LogP contribution in [0.25, 0.3) is 0 Å². The highest BCUT2D eigenvalue weighted by Gasteiger charge is 2.04. The lowest BCUT2D eigenvalue weighted by Gasteiger charge is -1.88. The van der Waals surface area contributed by atoms with Crippen molar-refractivity contribution in [2.75, 3.05) is 0 Å². The van der Waals surface area contributed by atoms with Crippen molar-refractivity contribution >= 4 is 11.9 Å².